The summed E-state index contributed by atoms with van der Waals surface area (Å²) in [4.78, 5) is 35.6. The molecule has 0 radical (unpaired) electrons. The molecule has 1 aliphatic carbocycles. The lowest BCUT2D eigenvalue weighted by Gasteiger charge is -2.41. The van der Waals surface area contributed by atoms with E-state index in [4.69, 9.17) is 18.5 Å². The zero-order valence-electron chi connectivity index (χ0n) is 36.0. The highest BCUT2D eigenvalue weighted by Crippen LogP contribution is 2.47. The maximum absolute atomic E-state index is 12.8. The Morgan fingerprint density at radius 1 is 0.542 bits per heavy atom. The van der Waals surface area contributed by atoms with E-state index in [-0.39, 0.29) is 12.8 Å². The summed E-state index contributed by atoms with van der Waals surface area (Å²) in [7, 11) is -5.12. The highest BCUT2D eigenvalue weighted by molar-refractivity contribution is 7.47. The second-order valence-corrected chi connectivity index (χ2v) is 17.0. The van der Waals surface area contributed by atoms with Crippen LogP contribution in [0.4, 0.5) is 0 Å². The summed E-state index contributed by atoms with van der Waals surface area (Å²) in [6.07, 6.45) is 27.4. The van der Waals surface area contributed by atoms with E-state index < -0.39 is 75.7 Å². The molecule has 0 aromatic carbocycles. The number of carbonyl (C=O) groups is 2. The second-order valence-electron chi connectivity index (χ2n) is 15.6. The standard InChI is InChI=1S/C45H79O13P/c1-3-5-7-9-11-13-15-17-18-19-20-22-23-25-27-29-31-33-38(46)55-35-37(36-56-59(53,54)58-45-43(51)41(49)40(48)42(50)44(45)52)57-39(47)34-32-30-28-26-24-21-16-14-12-10-8-6-4-2/h6,8,10,12,14,16-18,37,40-45,48-52H,3-5,7,9,11,13,15,19-36H2,1-2H3,(H,53,54)/b8-6+,12-10+,16-14+,18-17+/t37?,40?,41-,42?,43?,44?,45?/m0/s1. The van der Waals surface area contributed by atoms with Gasteiger partial charge in [0.15, 0.2) is 6.10 Å². The average molecular weight is 859 g/mol. The smallest absolute Gasteiger partial charge is 0.462 e. The molecule has 1 rings (SSSR count). The fraction of sp³-hybridized carbons (Fsp3) is 0.778. The second kappa shape index (κ2) is 35.4. The van der Waals surface area contributed by atoms with Crippen molar-refractivity contribution >= 4 is 19.8 Å². The van der Waals surface area contributed by atoms with E-state index in [1.165, 1.54) is 57.8 Å². The van der Waals surface area contributed by atoms with Crippen LogP contribution in [0.25, 0.3) is 0 Å². The van der Waals surface area contributed by atoms with E-state index in [2.05, 4.69) is 38.2 Å². The molecule has 1 saturated carbocycles. The van der Waals surface area contributed by atoms with E-state index >= 15 is 0 Å². The Balaban J connectivity index is 2.47. The zero-order valence-corrected chi connectivity index (χ0v) is 36.9. The first-order valence-electron chi connectivity index (χ1n) is 22.5. The molecule has 342 valence electrons. The van der Waals surface area contributed by atoms with E-state index in [9.17, 15) is 44.6 Å². The number of allylic oxidation sites excluding steroid dienone is 8. The number of phosphoric ester groups is 1. The molecule has 0 bridgehead atoms. The zero-order chi connectivity index (χ0) is 43.6. The molecule has 0 amide bonds. The molecule has 1 aliphatic rings. The average Bonchev–Trinajstić information content (AvgIpc) is 3.21. The third-order valence-corrected chi connectivity index (χ3v) is 11.2. The summed E-state index contributed by atoms with van der Waals surface area (Å²) in [5.74, 6) is -1.13. The van der Waals surface area contributed by atoms with Gasteiger partial charge in [-0.15, -0.1) is 0 Å². The Morgan fingerprint density at radius 2 is 0.983 bits per heavy atom. The topological polar surface area (TPSA) is 210 Å². The van der Waals surface area contributed by atoms with Gasteiger partial charge in [-0.3, -0.25) is 18.6 Å². The van der Waals surface area contributed by atoms with Gasteiger partial charge >= 0.3 is 19.8 Å². The number of rotatable bonds is 36. The highest BCUT2D eigenvalue weighted by atomic mass is 31.2. The summed E-state index contributed by atoms with van der Waals surface area (Å²) in [5, 5.41) is 50.1. The Hall–Kier alpha value is -2.19. The lowest BCUT2D eigenvalue weighted by atomic mass is 9.85. The lowest BCUT2D eigenvalue weighted by Crippen LogP contribution is -2.64. The van der Waals surface area contributed by atoms with Gasteiger partial charge in [0.05, 0.1) is 6.61 Å². The van der Waals surface area contributed by atoms with Crippen LogP contribution in [0, 0.1) is 0 Å². The van der Waals surface area contributed by atoms with Gasteiger partial charge in [-0.1, -0.05) is 146 Å². The molecule has 0 heterocycles. The Kier molecular flexibility index (Phi) is 32.9. The van der Waals surface area contributed by atoms with Crippen LogP contribution in [0.15, 0.2) is 48.6 Å². The molecule has 0 aliphatic heterocycles. The van der Waals surface area contributed by atoms with Crippen molar-refractivity contribution in [3.8, 4) is 0 Å². The van der Waals surface area contributed by atoms with Gasteiger partial charge in [0.25, 0.3) is 0 Å². The third-order valence-electron chi connectivity index (χ3n) is 10.2. The quantitative estimate of drug-likeness (QED) is 0.0115. The minimum absolute atomic E-state index is 0.0717. The van der Waals surface area contributed by atoms with Crippen LogP contribution >= 0.6 is 7.82 Å². The first kappa shape index (κ1) is 54.8. The fourth-order valence-corrected chi connectivity index (χ4v) is 7.55. The molecule has 59 heavy (non-hydrogen) atoms. The number of esters is 2. The van der Waals surface area contributed by atoms with Crippen LogP contribution < -0.4 is 0 Å². The number of unbranched alkanes of at least 4 members (excludes halogenated alkanes) is 18. The van der Waals surface area contributed by atoms with Crippen molar-refractivity contribution in [2.45, 2.75) is 211 Å². The first-order valence-corrected chi connectivity index (χ1v) is 24.0. The predicted octanol–water partition coefficient (Wildman–Crippen LogP) is 8.39. The van der Waals surface area contributed by atoms with Gasteiger partial charge in [0.1, 0.15) is 43.2 Å². The molecule has 13 nitrogen and oxygen atoms in total. The SMILES string of the molecule is CC/C=C/C=C/C=C/CCCCCCCC(=O)OC(COC(=O)CCCCCCCCC/C=C/CCCCCCCC)COP(=O)(O)OC1C(O)C(O)C(O)[C@H](O)C1O. The number of carbonyl (C=O) groups excluding carboxylic acids is 2. The number of hydrogen-bond acceptors (Lipinski definition) is 12. The van der Waals surface area contributed by atoms with Crippen LogP contribution in [-0.2, 0) is 32.7 Å². The largest absolute Gasteiger partial charge is 0.472 e. The molecule has 7 unspecified atom stereocenters. The molecular weight excluding hydrogens is 779 g/mol. The van der Waals surface area contributed by atoms with Gasteiger partial charge < -0.3 is 39.9 Å². The molecule has 0 saturated heterocycles. The van der Waals surface area contributed by atoms with Crippen LogP contribution in [0.3, 0.4) is 0 Å². The van der Waals surface area contributed by atoms with Gasteiger partial charge in [0, 0.05) is 12.8 Å². The Bertz CT molecular complexity index is 1220. The maximum atomic E-state index is 12.8. The molecular formula is C45H79O13P. The maximum Gasteiger partial charge on any atom is 0.472 e. The van der Waals surface area contributed by atoms with Gasteiger partial charge in [0.2, 0.25) is 0 Å². The van der Waals surface area contributed by atoms with E-state index in [1.54, 1.807) is 0 Å². The van der Waals surface area contributed by atoms with Gasteiger partial charge in [-0.25, -0.2) is 4.57 Å². The number of aliphatic hydroxyl groups is 5. The van der Waals surface area contributed by atoms with E-state index in [0.717, 1.165) is 70.6 Å². The summed E-state index contributed by atoms with van der Waals surface area (Å²) >= 11 is 0. The van der Waals surface area contributed by atoms with E-state index in [1.807, 2.05) is 24.3 Å². The fourth-order valence-electron chi connectivity index (χ4n) is 6.58. The first-order chi connectivity index (χ1) is 28.4. The van der Waals surface area contributed by atoms with E-state index in [0.29, 0.717) is 12.8 Å². The molecule has 14 heteroatoms. The van der Waals surface area contributed by atoms with Crippen LogP contribution in [0.5, 0.6) is 0 Å². The Labute approximate surface area is 354 Å². The third kappa shape index (κ3) is 28.1. The molecule has 1 fully saturated rings. The Morgan fingerprint density at radius 3 is 1.51 bits per heavy atom. The van der Waals surface area contributed by atoms with Crippen molar-refractivity contribution in [1.29, 1.82) is 0 Å². The number of hydrogen-bond donors (Lipinski definition) is 6. The molecule has 6 N–H and O–H groups in total. The van der Waals surface area contributed by atoms with Crippen molar-refractivity contribution in [3.63, 3.8) is 0 Å². The van der Waals surface area contributed by atoms with Crippen molar-refractivity contribution in [2.75, 3.05) is 13.2 Å². The number of ether oxygens (including phenoxy) is 2. The monoisotopic (exact) mass is 859 g/mol. The van der Waals surface area contributed by atoms with Crippen LogP contribution in [-0.4, -0.2) is 98.3 Å². The number of phosphoric acid groups is 1. The van der Waals surface area contributed by atoms with Crippen molar-refractivity contribution < 1.29 is 63.1 Å². The van der Waals surface area contributed by atoms with Crippen molar-refractivity contribution in [1.82, 2.24) is 0 Å². The normalized spacial score (nSPS) is 22.8. The summed E-state index contributed by atoms with van der Waals surface area (Å²) in [6, 6.07) is 0. The highest BCUT2D eigenvalue weighted by Gasteiger charge is 2.51. The summed E-state index contributed by atoms with van der Waals surface area (Å²) in [6.45, 7) is 3.13. The lowest BCUT2D eigenvalue weighted by molar-refractivity contribution is -0.220. The molecule has 8 atom stereocenters. The predicted molar refractivity (Wildman–Crippen MR) is 230 cm³/mol. The van der Waals surface area contributed by atoms with Crippen LogP contribution in [0.1, 0.15) is 168 Å². The van der Waals surface area contributed by atoms with Gasteiger partial charge in [-0.05, 0) is 57.8 Å². The summed E-state index contributed by atoms with van der Waals surface area (Å²) < 4.78 is 33.5. The van der Waals surface area contributed by atoms with Crippen molar-refractivity contribution in [2.24, 2.45) is 0 Å². The minimum atomic E-state index is -5.12. The van der Waals surface area contributed by atoms with Gasteiger partial charge in [-0.2, -0.15) is 0 Å². The number of aliphatic hydroxyl groups excluding tert-OH is 5. The molecule has 0 spiro atoms. The van der Waals surface area contributed by atoms with Crippen molar-refractivity contribution in [3.05, 3.63) is 48.6 Å². The minimum Gasteiger partial charge on any atom is -0.462 e. The summed E-state index contributed by atoms with van der Waals surface area (Å²) in [5.41, 5.74) is 0. The molecule has 0 aromatic heterocycles. The van der Waals surface area contributed by atoms with Crippen LogP contribution in [0.2, 0.25) is 0 Å². The molecule has 0 aromatic rings.